The zero-order chi connectivity index (χ0) is 21.6. The van der Waals surface area contributed by atoms with Gasteiger partial charge in [-0.25, -0.2) is 4.79 Å². The Balaban J connectivity index is 1.75. The number of aromatic nitrogens is 4. The smallest absolute Gasteiger partial charge is 0.332 e. The summed E-state index contributed by atoms with van der Waals surface area (Å²) in [4.78, 5) is 30.6. The Morgan fingerprint density at radius 2 is 1.93 bits per heavy atom. The molecule has 1 aromatic carbocycles. The van der Waals surface area contributed by atoms with Crippen molar-refractivity contribution in [2.24, 2.45) is 20.0 Å². The summed E-state index contributed by atoms with van der Waals surface area (Å²) in [6.07, 6.45) is 2.72. The van der Waals surface area contributed by atoms with Gasteiger partial charge in [-0.2, -0.15) is 4.98 Å². The summed E-state index contributed by atoms with van der Waals surface area (Å²) in [5.74, 6) is 0.818. The van der Waals surface area contributed by atoms with E-state index in [9.17, 15) is 14.7 Å². The van der Waals surface area contributed by atoms with Crippen molar-refractivity contribution in [2.75, 3.05) is 11.9 Å². The Labute approximate surface area is 182 Å². The van der Waals surface area contributed by atoms with Crippen LogP contribution in [0.5, 0.6) is 0 Å². The monoisotopic (exact) mass is 451 g/mol. The molecule has 0 spiro atoms. The van der Waals surface area contributed by atoms with Crippen LogP contribution in [0.25, 0.3) is 11.2 Å². The summed E-state index contributed by atoms with van der Waals surface area (Å²) in [7, 11) is 3.36. The first-order valence-corrected chi connectivity index (χ1v) is 10.5. The lowest BCUT2D eigenvalue weighted by atomic mass is 10.1. The summed E-state index contributed by atoms with van der Waals surface area (Å²) in [6.45, 7) is 0.252. The van der Waals surface area contributed by atoms with Crippen LogP contribution in [0.3, 0.4) is 0 Å². The number of nitrogens with zero attached hydrogens (tertiary/aromatic N) is 4. The van der Waals surface area contributed by atoms with Crippen LogP contribution in [0, 0.1) is 5.92 Å². The highest BCUT2D eigenvalue weighted by atomic mass is 35.5. The lowest BCUT2D eigenvalue weighted by Crippen LogP contribution is -2.39. The second-order valence-corrected chi connectivity index (χ2v) is 8.67. The molecule has 2 atom stereocenters. The molecular formula is C20H23Cl2N5O3. The van der Waals surface area contributed by atoms with Crippen LogP contribution < -0.4 is 16.6 Å². The molecule has 2 aromatic heterocycles. The fourth-order valence-corrected chi connectivity index (χ4v) is 4.41. The molecule has 1 saturated carbocycles. The quantitative estimate of drug-likeness (QED) is 0.620. The van der Waals surface area contributed by atoms with E-state index >= 15 is 0 Å². The van der Waals surface area contributed by atoms with Gasteiger partial charge in [0, 0.05) is 26.7 Å². The number of imidazole rings is 1. The molecule has 8 nitrogen and oxygen atoms in total. The van der Waals surface area contributed by atoms with Gasteiger partial charge in [0.2, 0.25) is 5.95 Å². The van der Waals surface area contributed by atoms with Crippen LogP contribution in [0.1, 0.15) is 24.8 Å². The average molecular weight is 452 g/mol. The molecule has 0 bridgehead atoms. The largest absolute Gasteiger partial charge is 0.396 e. The summed E-state index contributed by atoms with van der Waals surface area (Å²) >= 11 is 12.0. The van der Waals surface area contributed by atoms with E-state index in [4.69, 9.17) is 23.2 Å². The topological polar surface area (TPSA) is 94.1 Å². The molecule has 160 valence electrons. The Morgan fingerprint density at radius 1 is 1.17 bits per heavy atom. The van der Waals surface area contributed by atoms with Crippen molar-refractivity contribution in [2.45, 2.75) is 31.8 Å². The number of rotatable bonds is 5. The Kier molecular flexibility index (Phi) is 5.65. The van der Waals surface area contributed by atoms with Crippen LogP contribution in [0.15, 0.2) is 27.8 Å². The van der Waals surface area contributed by atoms with E-state index in [-0.39, 0.29) is 25.1 Å². The van der Waals surface area contributed by atoms with Gasteiger partial charge in [-0.05, 0) is 42.9 Å². The molecule has 1 aliphatic rings. The second-order valence-electron chi connectivity index (χ2n) is 7.85. The van der Waals surface area contributed by atoms with Gasteiger partial charge in [0.1, 0.15) is 0 Å². The van der Waals surface area contributed by atoms with E-state index < -0.39 is 11.2 Å². The predicted molar refractivity (Wildman–Crippen MR) is 118 cm³/mol. The summed E-state index contributed by atoms with van der Waals surface area (Å²) < 4.78 is 4.24. The highest BCUT2D eigenvalue weighted by molar-refractivity contribution is 6.42. The van der Waals surface area contributed by atoms with E-state index in [1.807, 2.05) is 0 Å². The van der Waals surface area contributed by atoms with Crippen molar-refractivity contribution in [3.05, 3.63) is 54.6 Å². The minimum Gasteiger partial charge on any atom is -0.396 e. The number of fused-ring (bicyclic) bond motifs is 1. The van der Waals surface area contributed by atoms with Crippen LogP contribution in [0.2, 0.25) is 10.0 Å². The third-order valence-electron chi connectivity index (χ3n) is 5.82. The van der Waals surface area contributed by atoms with E-state index in [0.29, 0.717) is 32.7 Å². The molecule has 3 aromatic rings. The number of hydrogen-bond donors (Lipinski definition) is 2. The standard InChI is InChI=1S/C20H23Cl2N5O3/c1-25-16-17(24-19(25)23-13-5-3-12(7-13)10-28)26(2)20(30)27(18(16)29)9-11-4-6-14(21)15(22)8-11/h4,6,8,12-13,28H,3,5,7,9-10H2,1-2H3,(H,23,24)/t12-,13?/m0/s1. The predicted octanol–water partition coefficient (Wildman–Crippen LogP) is 2.36. The van der Waals surface area contributed by atoms with Gasteiger partial charge >= 0.3 is 5.69 Å². The maximum Gasteiger partial charge on any atom is 0.332 e. The third kappa shape index (κ3) is 3.64. The number of anilines is 1. The lowest BCUT2D eigenvalue weighted by molar-refractivity contribution is 0.229. The number of aryl methyl sites for hydroxylation is 2. The number of nitrogens with one attached hydrogen (secondary N) is 1. The van der Waals surface area contributed by atoms with Crippen molar-refractivity contribution >= 4 is 40.3 Å². The van der Waals surface area contributed by atoms with Gasteiger partial charge in [-0.15, -0.1) is 0 Å². The minimum absolute atomic E-state index is 0.0765. The van der Waals surface area contributed by atoms with E-state index in [2.05, 4.69) is 10.3 Å². The molecule has 0 radical (unpaired) electrons. The van der Waals surface area contributed by atoms with Gasteiger partial charge in [0.15, 0.2) is 11.2 Å². The maximum absolute atomic E-state index is 13.2. The van der Waals surface area contributed by atoms with Crippen LogP contribution in [-0.4, -0.2) is 36.4 Å². The SMILES string of the molecule is Cn1c(NC2CC[C@H](CO)C2)nc2c1c(=O)n(Cc1ccc(Cl)c(Cl)c1)c(=O)n2C. The van der Waals surface area contributed by atoms with E-state index in [1.54, 1.807) is 36.9 Å². The van der Waals surface area contributed by atoms with Gasteiger partial charge in [0.25, 0.3) is 5.56 Å². The molecule has 0 amide bonds. The summed E-state index contributed by atoms with van der Waals surface area (Å²) in [5.41, 5.74) is 0.504. The van der Waals surface area contributed by atoms with Gasteiger partial charge in [0.05, 0.1) is 16.6 Å². The first kappa shape index (κ1) is 21.0. The maximum atomic E-state index is 13.2. The fraction of sp³-hybridized carbons (Fsp3) is 0.450. The summed E-state index contributed by atoms with van der Waals surface area (Å²) in [6, 6.07) is 5.19. The van der Waals surface area contributed by atoms with Crippen LogP contribution in [0.4, 0.5) is 5.95 Å². The Morgan fingerprint density at radius 3 is 2.60 bits per heavy atom. The average Bonchev–Trinajstić information content (AvgIpc) is 3.31. The van der Waals surface area contributed by atoms with Crippen LogP contribution in [-0.2, 0) is 20.6 Å². The van der Waals surface area contributed by atoms with Crippen molar-refractivity contribution in [3.8, 4) is 0 Å². The Hall–Kier alpha value is -2.29. The summed E-state index contributed by atoms with van der Waals surface area (Å²) in [5, 5.41) is 13.5. The van der Waals surface area contributed by atoms with Gasteiger partial charge < -0.3 is 15.0 Å². The molecule has 4 rings (SSSR count). The van der Waals surface area contributed by atoms with Gasteiger partial charge in [-0.1, -0.05) is 29.3 Å². The minimum atomic E-state index is -0.454. The molecule has 0 saturated heterocycles. The van der Waals surface area contributed by atoms with Crippen LogP contribution >= 0.6 is 23.2 Å². The molecule has 2 heterocycles. The van der Waals surface area contributed by atoms with Gasteiger partial charge in [-0.3, -0.25) is 13.9 Å². The van der Waals surface area contributed by atoms with Crippen molar-refractivity contribution in [1.82, 2.24) is 18.7 Å². The highest BCUT2D eigenvalue weighted by Gasteiger charge is 2.26. The first-order chi connectivity index (χ1) is 14.3. The zero-order valence-electron chi connectivity index (χ0n) is 16.7. The molecule has 10 heteroatoms. The molecule has 0 aliphatic heterocycles. The van der Waals surface area contributed by atoms with E-state index in [0.717, 1.165) is 19.3 Å². The Bertz CT molecular complexity index is 1230. The molecule has 2 N–H and O–H groups in total. The zero-order valence-corrected chi connectivity index (χ0v) is 18.2. The molecule has 1 unspecified atom stereocenters. The lowest BCUT2D eigenvalue weighted by Gasteiger charge is -2.13. The highest BCUT2D eigenvalue weighted by Crippen LogP contribution is 2.28. The molecule has 30 heavy (non-hydrogen) atoms. The molecular weight excluding hydrogens is 429 g/mol. The number of hydrogen-bond acceptors (Lipinski definition) is 5. The number of aliphatic hydroxyl groups excluding tert-OH is 1. The van der Waals surface area contributed by atoms with Crippen molar-refractivity contribution in [3.63, 3.8) is 0 Å². The van der Waals surface area contributed by atoms with E-state index in [1.165, 1.54) is 9.13 Å². The van der Waals surface area contributed by atoms with Crippen molar-refractivity contribution in [1.29, 1.82) is 0 Å². The molecule has 1 fully saturated rings. The number of benzene rings is 1. The number of halogens is 2. The second kappa shape index (κ2) is 8.09. The third-order valence-corrected chi connectivity index (χ3v) is 6.56. The first-order valence-electron chi connectivity index (χ1n) is 9.77. The number of aliphatic hydroxyl groups is 1. The molecule has 1 aliphatic carbocycles. The normalized spacial score (nSPS) is 19.0. The fourth-order valence-electron chi connectivity index (χ4n) is 4.09. The van der Waals surface area contributed by atoms with Crippen molar-refractivity contribution < 1.29 is 5.11 Å².